The highest BCUT2D eigenvalue weighted by Gasteiger charge is 1.98. The predicted molar refractivity (Wildman–Crippen MR) is 56.5 cm³/mol. The molecule has 0 aliphatic carbocycles. The van der Waals surface area contributed by atoms with Crippen molar-refractivity contribution in [2.24, 2.45) is 0 Å². The standard InChI is InChI=1S/C6H8Cl2O2.C3H6O/c7-5(9)3-1-2-4-6(8)10;1-3(2)4/h1-4H2;1-2H3. The lowest BCUT2D eigenvalue weighted by Crippen LogP contribution is -1.89. The summed E-state index contributed by atoms with van der Waals surface area (Å²) in [5.41, 5.74) is 0. The van der Waals surface area contributed by atoms with E-state index in [1.54, 1.807) is 0 Å². The quantitative estimate of drug-likeness (QED) is 0.549. The van der Waals surface area contributed by atoms with Crippen LogP contribution in [-0.2, 0) is 14.4 Å². The van der Waals surface area contributed by atoms with Gasteiger partial charge in [-0.3, -0.25) is 9.59 Å². The number of hydrogen-bond donors (Lipinski definition) is 0. The molecule has 0 saturated heterocycles. The first-order valence-electron chi connectivity index (χ1n) is 4.20. The van der Waals surface area contributed by atoms with Crippen molar-refractivity contribution < 1.29 is 14.4 Å². The van der Waals surface area contributed by atoms with Crippen molar-refractivity contribution in [1.82, 2.24) is 0 Å². The van der Waals surface area contributed by atoms with Gasteiger partial charge in [-0.1, -0.05) is 0 Å². The maximum absolute atomic E-state index is 10.1. The maximum Gasteiger partial charge on any atom is 0.221 e. The molecule has 0 aliphatic heterocycles. The van der Waals surface area contributed by atoms with Crippen LogP contribution in [0.25, 0.3) is 0 Å². The first-order chi connectivity index (χ1) is 6.36. The molecule has 0 atom stereocenters. The summed E-state index contributed by atoms with van der Waals surface area (Å²) in [6.07, 6.45) is 1.93. The van der Waals surface area contributed by atoms with Gasteiger partial charge >= 0.3 is 0 Å². The molecule has 5 heteroatoms. The molecule has 0 aromatic carbocycles. The van der Waals surface area contributed by atoms with Crippen LogP contribution in [-0.4, -0.2) is 16.3 Å². The lowest BCUT2D eigenvalue weighted by Gasteiger charge is -1.91. The Kier molecular flexibility index (Phi) is 12.2. The normalized spacial score (nSPS) is 8.57. The van der Waals surface area contributed by atoms with Crippen LogP contribution in [0.3, 0.4) is 0 Å². The number of carbonyl (C=O) groups is 3. The molecule has 0 heterocycles. The summed E-state index contributed by atoms with van der Waals surface area (Å²) in [6, 6.07) is 0. The van der Waals surface area contributed by atoms with E-state index in [1.807, 2.05) is 0 Å². The highest BCUT2D eigenvalue weighted by Crippen LogP contribution is 2.03. The van der Waals surface area contributed by atoms with Crippen LogP contribution in [0.2, 0.25) is 0 Å². The van der Waals surface area contributed by atoms with Crippen LogP contribution in [0.5, 0.6) is 0 Å². The molecule has 0 unspecified atom stereocenters. The second-order valence-electron chi connectivity index (χ2n) is 2.83. The zero-order chi connectivity index (χ0) is 11.6. The minimum Gasteiger partial charge on any atom is -0.300 e. The lowest BCUT2D eigenvalue weighted by molar-refractivity contribution is -0.115. The van der Waals surface area contributed by atoms with Gasteiger partial charge in [0.05, 0.1) is 0 Å². The lowest BCUT2D eigenvalue weighted by atomic mass is 10.2. The van der Waals surface area contributed by atoms with Gasteiger partial charge in [-0.2, -0.15) is 0 Å². The van der Waals surface area contributed by atoms with Crippen LogP contribution in [0.15, 0.2) is 0 Å². The molecule has 0 spiro atoms. The fraction of sp³-hybridized carbons (Fsp3) is 0.667. The molecule has 0 amide bonds. The number of ketones is 1. The summed E-state index contributed by atoms with van der Waals surface area (Å²) in [5, 5.41) is -0.718. The second-order valence-corrected chi connectivity index (χ2v) is 3.67. The highest BCUT2D eigenvalue weighted by molar-refractivity contribution is 6.63. The number of halogens is 2. The summed E-state index contributed by atoms with van der Waals surface area (Å²) < 4.78 is 0. The van der Waals surface area contributed by atoms with Crippen LogP contribution in [0.4, 0.5) is 0 Å². The van der Waals surface area contributed by atoms with E-state index in [2.05, 4.69) is 0 Å². The Labute approximate surface area is 93.8 Å². The number of unbranched alkanes of at least 4 members (excludes halogenated alkanes) is 1. The third-order valence-electron chi connectivity index (χ3n) is 0.997. The van der Waals surface area contributed by atoms with E-state index in [1.165, 1.54) is 13.8 Å². The van der Waals surface area contributed by atoms with Crippen molar-refractivity contribution in [3.63, 3.8) is 0 Å². The maximum atomic E-state index is 10.1. The molecule has 0 saturated carbocycles. The Morgan fingerprint density at radius 3 is 1.21 bits per heavy atom. The van der Waals surface area contributed by atoms with Gasteiger partial charge in [0.25, 0.3) is 0 Å². The van der Waals surface area contributed by atoms with E-state index in [4.69, 9.17) is 23.2 Å². The van der Waals surface area contributed by atoms with Gasteiger partial charge in [0, 0.05) is 12.8 Å². The van der Waals surface area contributed by atoms with Crippen molar-refractivity contribution >= 4 is 39.5 Å². The third kappa shape index (κ3) is 29.9. The Hall–Kier alpha value is -0.410. The zero-order valence-electron chi connectivity index (χ0n) is 8.31. The van der Waals surface area contributed by atoms with Gasteiger partial charge < -0.3 is 4.79 Å². The Bertz CT molecular complexity index is 182. The summed E-state index contributed by atoms with van der Waals surface area (Å²) in [4.78, 5) is 29.7. The van der Waals surface area contributed by atoms with Gasteiger partial charge in [0.15, 0.2) is 0 Å². The van der Waals surface area contributed by atoms with Gasteiger partial charge in [-0.05, 0) is 49.9 Å². The summed E-state index contributed by atoms with van der Waals surface area (Å²) in [5.74, 6) is 0.167. The minimum absolute atomic E-state index is 0.167. The van der Waals surface area contributed by atoms with Gasteiger partial charge in [-0.15, -0.1) is 0 Å². The molecule has 0 bridgehead atoms. The SMILES string of the molecule is CC(C)=O.O=C(Cl)CCCCC(=O)Cl. The Morgan fingerprint density at radius 1 is 0.857 bits per heavy atom. The average molecular weight is 241 g/mol. The molecule has 0 aromatic heterocycles. The van der Waals surface area contributed by atoms with E-state index in [9.17, 15) is 14.4 Å². The second kappa shape index (κ2) is 10.7. The number of rotatable bonds is 5. The first-order valence-corrected chi connectivity index (χ1v) is 4.95. The van der Waals surface area contributed by atoms with E-state index in [-0.39, 0.29) is 16.3 Å². The number of Topliss-reactive ketones (excluding diaryl/α,β-unsaturated/α-hetero) is 1. The van der Waals surface area contributed by atoms with Gasteiger partial charge in [-0.25, -0.2) is 0 Å². The van der Waals surface area contributed by atoms with E-state index in [0.717, 1.165) is 0 Å². The molecule has 0 aliphatic rings. The molecule has 0 aromatic rings. The summed E-state index contributed by atoms with van der Waals surface area (Å²) in [6.45, 7) is 3.06. The van der Waals surface area contributed by atoms with Crippen LogP contribution < -0.4 is 0 Å². The van der Waals surface area contributed by atoms with Crippen molar-refractivity contribution in [1.29, 1.82) is 0 Å². The van der Waals surface area contributed by atoms with Crippen molar-refractivity contribution in [3.05, 3.63) is 0 Å². The molecule has 3 nitrogen and oxygen atoms in total. The molecule has 0 fully saturated rings. The minimum atomic E-state index is -0.359. The van der Waals surface area contributed by atoms with Gasteiger partial charge in [0.1, 0.15) is 5.78 Å². The van der Waals surface area contributed by atoms with Crippen molar-refractivity contribution in [3.8, 4) is 0 Å². The van der Waals surface area contributed by atoms with Crippen LogP contribution in [0, 0.1) is 0 Å². The third-order valence-corrected chi connectivity index (χ3v) is 1.37. The molecule has 0 radical (unpaired) electrons. The Balaban J connectivity index is 0. The molecule has 0 rings (SSSR count). The van der Waals surface area contributed by atoms with Crippen LogP contribution >= 0.6 is 23.2 Å². The van der Waals surface area contributed by atoms with E-state index < -0.39 is 0 Å². The largest absolute Gasteiger partial charge is 0.300 e. The van der Waals surface area contributed by atoms with Crippen molar-refractivity contribution in [2.45, 2.75) is 39.5 Å². The number of carbonyl (C=O) groups excluding carboxylic acids is 3. The monoisotopic (exact) mass is 240 g/mol. The van der Waals surface area contributed by atoms with E-state index >= 15 is 0 Å². The average Bonchev–Trinajstić information content (AvgIpc) is 1.96. The first kappa shape index (κ1) is 16.0. The van der Waals surface area contributed by atoms with Crippen molar-refractivity contribution in [2.75, 3.05) is 0 Å². The summed E-state index contributed by atoms with van der Waals surface area (Å²) in [7, 11) is 0. The van der Waals surface area contributed by atoms with Crippen LogP contribution in [0.1, 0.15) is 39.5 Å². The zero-order valence-corrected chi connectivity index (χ0v) is 9.82. The molecular formula is C9H14Cl2O3. The highest BCUT2D eigenvalue weighted by atomic mass is 35.5. The molecule has 0 N–H and O–H groups in total. The molecule has 82 valence electrons. The van der Waals surface area contributed by atoms with E-state index in [0.29, 0.717) is 25.7 Å². The molecular weight excluding hydrogens is 227 g/mol. The summed E-state index contributed by atoms with van der Waals surface area (Å²) >= 11 is 10.1. The fourth-order valence-electron chi connectivity index (χ4n) is 0.528. The predicted octanol–water partition coefficient (Wildman–Crippen LogP) is 2.67. The smallest absolute Gasteiger partial charge is 0.221 e. The van der Waals surface area contributed by atoms with Gasteiger partial charge in [0.2, 0.25) is 10.5 Å². The number of hydrogen-bond acceptors (Lipinski definition) is 3. The molecule has 14 heavy (non-hydrogen) atoms. The Morgan fingerprint density at radius 2 is 1.07 bits per heavy atom. The topological polar surface area (TPSA) is 51.2 Å². The fourth-order valence-corrected chi connectivity index (χ4v) is 0.795.